The number of aromatic hydroxyl groups is 1. The van der Waals surface area contributed by atoms with Gasteiger partial charge in [0.1, 0.15) is 0 Å². The smallest absolute Gasteiger partial charge is 0.172 e. The molecule has 0 aromatic heterocycles. The highest BCUT2D eigenvalue weighted by molar-refractivity contribution is 9.10. The van der Waals surface area contributed by atoms with Gasteiger partial charge in [-0.1, -0.05) is 34.1 Å². The van der Waals surface area contributed by atoms with E-state index in [-0.39, 0.29) is 11.8 Å². The summed E-state index contributed by atoms with van der Waals surface area (Å²) in [7, 11) is 1.54. The second-order valence-corrected chi connectivity index (χ2v) is 6.46. The number of hydrogen-bond donors (Lipinski definition) is 2. The van der Waals surface area contributed by atoms with Gasteiger partial charge in [0, 0.05) is 17.1 Å². The first-order valence-electron chi connectivity index (χ1n) is 6.56. The molecule has 0 amide bonds. The van der Waals surface area contributed by atoms with Gasteiger partial charge in [-0.2, -0.15) is 0 Å². The maximum absolute atomic E-state index is 9.82. The molecule has 2 N–H and O–H groups in total. The molecule has 21 heavy (non-hydrogen) atoms. The van der Waals surface area contributed by atoms with E-state index in [0.717, 1.165) is 10.0 Å². The Morgan fingerprint density at radius 2 is 1.90 bits per heavy atom. The molecule has 0 unspecified atom stereocenters. The third-order valence-electron chi connectivity index (χ3n) is 3.29. The number of hydrogen-bond acceptors (Lipinski definition) is 3. The van der Waals surface area contributed by atoms with Crippen molar-refractivity contribution in [3.05, 3.63) is 56.5 Å². The van der Waals surface area contributed by atoms with Crippen molar-refractivity contribution in [3.63, 3.8) is 0 Å². The minimum Gasteiger partial charge on any atom is -0.503 e. The Kier molecular flexibility index (Phi) is 5.67. The lowest BCUT2D eigenvalue weighted by Gasteiger charge is -2.16. The standard InChI is InChI=1S/C16H17Br2NO2/c1-10(12-5-3-4-6-13(12)17)19-9-11-7-14(18)16(20)15(8-11)21-2/h3-8,10,19-20H,9H2,1-2H3/t10-/m0/s1. The van der Waals surface area contributed by atoms with Crippen molar-refractivity contribution in [1.29, 1.82) is 0 Å². The molecular weight excluding hydrogens is 398 g/mol. The van der Waals surface area contributed by atoms with Crippen LogP contribution in [0.15, 0.2) is 45.3 Å². The zero-order valence-corrected chi connectivity index (χ0v) is 15.0. The summed E-state index contributed by atoms with van der Waals surface area (Å²) in [6, 6.07) is 12.1. The van der Waals surface area contributed by atoms with Crippen molar-refractivity contribution in [2.24, 2.45) is 0 Å². The Morgan fingerprint density at radius 3 is 2.57 bits per heavy atom. The number of phenolic OH excluding ortho intramolecular Hbond substituents is 1. The summed E-state index contributed by atoms with van der Waals surface area (Å²) in [5.41, 5.74) is 2.25. The van der Waals surface area contributed by atoms with Gasteiger partial charge in [-0.15, -0.1) is 0 Å². The molecule has 1 atom stereocenters. The van der Waals surface area contributed by atoms with E-state index < -0.39 is 0 Å². The van der Waals surface area contributed by atoms with Gasteiger partial charge in [-0.05, 0) is 52.2 Å². The average molecular weight is 415 g/mol. The minimum atomic E-state index is 0.125. The molecule has 0 spiro atoms. The van der Waals surface area contributed by atoms with Crippen LogP contribution in [0.4, 0.5) is 0 Å². The molecule has 0 fully saturated rings. The SMILES string of the molecule is COc1cc(CN[C@@H](C)c2ccccc2Br)cc(Br)c1O. The summed E-state index contributed by atoms with van der Waals surface area (Å²) in [4.78, 5) is 0. The highest BCUT2D eigenvalue weighted by Crippen LogP contribution is 2.35. The van der Waals surface area contributed by atoms with Crippen LogP contribution in [0, 0.1) is 0 Å². The molecule has 2 aromatic rings. The Bertz CT molecular complexity index is 632. The van der Waals surface area contributed by atoms with Crippen LogP contribution in [-0.2, 0) is 6.54 Å². The number of nitrogens with one attached hydrogen (secondary N) is 1. The first-order chi connectivity index (χ1) is 10.0. The van der Waals surface area contributed by atoms with Crippen molar-refractivity contribution in [3.8, 4) is 11.5 Å². The van der Waals surface area contributed by atoms with Gasteiger partial charge in [0.15, 0.2) is 11.5 Å². The average Bonchev–Trinajstić information content (AvgIpc) is 2.48. The van der Waals surface area contributed by atoms with Crippen molar-refractivity contribution in [2.45, 2.75) is 19.5 Å². The third-order valence-corrected chi connectivity index (χ3v) is 4.62. The lowest BCUT2D eigenvalue weighted by atomic mass is 10.1. The van der Waals surface area contributed by atoms with E-state index in [9.17, 15) is 5.11 Å². The van der Waals surface area contributed by atoms with Crippen LogP contribution in [0.3, 0.4) is 0 Å². The van der Waals surface area contributed by atoms with Gasteiger partial charge >= 0.3 is 0 Å². The zero-order chi connectivity index (χ0) is 15.4. The van der Waals surface area contributed by atoms with Crippen LogP contribution in [0.25, 0.3) is 0 Å². The second-order valence-electron chi connectivity index (χ2n) is 4.75. The van der Waals surface area contributed by atoms with E-state index in [2.05, 4.69) is 50.2 Å². The first-order valence-corrected chi connectivity index (χ1v) is 8.14. The number of halogens is 2. The molecule has 0 aliphatic heterocycles. The lowest BCUT2D eigenvalue weighted by molar-refractivity contribution is 0.371. The molecule has 0 heterocycles. The maximum Gasteiger partial charge on any atom is 0.172 e. The Labute approximate surface area is 141 Å². The largest absolute Gasteiger partial charge is 0.503 e. The van der Waals surface area contributed by atoms with Crippen LogP contribution >= 0.6 is 31.9 Å². The van der Waals surface area contributed by atoms with Gasteiger partial charge in [0.2, 0.25) is 0 Å². The predicted molar refractivity (Wildman–Crippen MR) is 91.8 cm³/mol. The number of phenols is 1. The summed E-state index contributed by atoms with van der Waals surface area (Å²) in [5, 5.41) is 13.3. The zero-order valence-electron chi connectivity index (χ0n) is 11.9. The third kappa shape index (κ3) is 3.99. The van der Waals surface area contributed by atoms with Gasteiger partial charge < -0.3 is 15.2 Å². The summed E-state index contributed by atoms with van der Waals surface area (Å²) in [5.74, 6) is 0.592. The molecule has 0 bridgehead atoms. The molecule has 0 aliphatic rings. The minimum absolute atomic E-state index is 0.125. The fraction of sp³-hybridized carbons (Fsp3) is 0.250. The molecule has 2 aromatic carbocycles. The predicted octanol–water partition coefficient (Wildman–Crippen LogP) is 4.78. The van der Waals surface area contributed by atoms with Gasteiger partial charge in [-0.3, -0.25) is 0 Å². The summed E-state index contributed by atoms with van der Waals surface area (Å²) >= 11 is 6.90. The molecule has 3 nitrogen and oxygen atoms in total. The lowest BCUT2D eigenvalue weighted by Crippen LogP contribution is -2.18. The van der Waals surface area contributed by atoms with Gasteiger partial charge in [0.25, 0.3) is 0 Å². The molecule has 0 aliphatic carbocycles. The summed E-state index contributed by atoms with van der Waals surface area (Å²) in [6.07, 6.45) is 0. The number of ether oxygens (including phenoxy) is 1. The normalized spacial score (nSPS) is 12.2. The van der Waals surface area contributed by atoms with E-state index in [4.69, 9.17) is 4.74 Å². The number of rotatable bonds is 5. The van der Waals surface area contributed by atoms with E-state index in [1.165, 1.54) is 5.56 Å². The fourth-order valence-corrected chi connectivity index (χ4v) is 3.21. The van der Waals surface area contributed by atoms with Crippen LogP contribution in [-0.4, -0.2) is 12.2 Å². The fourth-order valence-electron chi connectivity index (χ4n) is 2.09. The van der Waals surface area contributed by atoms with E-state index >= 15 is 0 Å². The highest BCUT2D eigenvalue weighted by Gasteiger charge is 2.11. The molecule has 2 rings (SSSR count). The molecule has 0 saturated heterocycles. The van der Waals surface area contributed by atoms with Crippen molar-refractivity contribution in [1.82, 2.24) is 5.32 Å². The summed E-state index contributed by atoms with van der Waals surface area (Å²) in [6.45, 7) is 2.80. The van der Waals surface area contributed by atoms with E-state index in [1.54, 1.807) is 7.11 Å². The van der Waals surface area contributed by atoms with Crippen molar-refractivity contribution < 1.29 is 9.84 Å². The Balaban J connectivity index is 2.10. The van der Waals surface area contributed by atoms with Gasteiger partial charge in [0.05, 0.1) is 11.6 Å². The van der Waals surface area contributed by atoms with Crippen molar-refractivity contribution >= 4 is 31.9 Å². The van der Waals surface area contributed by atoms with E-state index in [1.807, 2.05) is 30.3 Å². The second kappa shape index (κ2) is 7.29. The van der Waals surface area contributed by atoms with Gasteiger partial charge in [-0.25, -0.2) is 0 Å². The Morgan fingerprint density at radius 1 is 1.19 bits per heavy atom. The monoisotopic (exact) mass is 413 g/mol. The van der Waals surface area contributed by atoms with Crippen LogP contribution in [0.1, 0.15) is 24.1 Å². The van der Waals surface area contributed by atoms with E-state index in [0.29, 0.717) is 16.8 Å². The molecule has 0 radical (unpaired) electrons. The molecule has 112 valence electrons. The van der Waals surface area contributed by atoms with Crippen LogP contribution in [0.5, 0.6) is 11.5 Å². The highest BCUT2D eigenvalue weighted by atomic mass is 79.9. The molecule has 5 heteroatoms. The van der Waals surface area contributed by atoms with Crippen molar-refractivity contribution in [2.75, 3.05) is 7.11 Å². The Hall–Kier alpha value is -1.04. The van der Waals surface area contributed by atoms with Crippen LogP contribution < -0.4 is 10.1 Å². The maximum atomic E-state index is 9.82. The molecule has 0 saturated carbocycles. The number of methoxy groups -OCH3 is 1. The quantitative estimate of drug-likeness (QED) is 0.739. The summed E-state index contributed by atoms with van der Waals surface area (Å²) < 4.78 is 6.89. The molecular formula is C16H17Br2NO2. The van der Waals surface area contributed by atoms with Crippen LogP contribution in [0.2, 0.25) is 0 Å². The number of benzene rings is 2. The topological polar surface area (TPSA) is 41.5 Å². The first kappa shape index (κ1) is 16.3.